The molecule has 0 radical (unpaired) electrons. The van der Waals surface area contributed by atoms with Crippen molar-refractivity contribution in [2.75, 3.05) is 12.8 Å². The average Bonchev–Trinajstić information content (AvgIpc) is 1.97. The second-order valence-electron chi connectivity index (χ2n) is 2.33. The van der Waals surface area contributed by atoms with Gasteiger partial charge in [0.1, 0.15) is 0 Å². The van der Waals surface area contributed by atoms with E-state index in [0.717, 1.165) is 0 Å². The Morgan fingerprint density at radius 3 is 2.50 bits per heavy atom. The van der Waals surface area contributed by atoms with Crippen molar-refractivity contribution in [1.82, 2.24) is 0 Å². The Morgan fingerprint density at radius 1 is 1.50 bits per heavy atom. The molecular formula is C7H11O4P. The number of hydrogen-bond donors (Lipinski definition) is 0. The Kier molecular flexibility index (Phi) is 5.30. The minimum absolute atomic E-state index is 0.0544. The molecule has 0 bridgehead atoms. The lowest BCUT2D eigenvalue weighted by atomic mass is 10.4. The number of esters is 1. The third kappa shape index (κ3) is 5.86. The SMILES string of the molecule is C=C(C)C(=O)OCCCP(=O)=O. The van der Waals surface area contributed by atoms with E-state index in [0.29, 0.717) is 12.0 Å². The highest BCUT2D eigenvalue weighted by atomic mass is 31.1. The van der Waals surface area contributed by atoms with Crippen LogP contribution in [0.2, 0.25) is 0 Å². The van der Waals surface area contributed by atoms with Crippen LogP contribution in [0.4, 0.5) is 0 Å². The van der Waals surface area contributed by atoms with Gasteiger partial charge in [-0.15, -0.1) is 0 Å². The fourth-order valence-electron chi connectivity index (χ4n) is 0.482. The third-order valence-corrected chi connectivity index (χ3v) is 1.75. The molecule has 0 aliphatic carbocycles. The summed E-state index contributed by atoms with van der Waals surface area (Å²) in [5.41, 5.74) is 0.321. The molecule has 0 spiro atoms. The molecule has 0 N–H and O–H groups in total. The van der Waals surface area contributed by atoms with Gasteiger partial charge in [0.05, 0.1) is 12.8 Å². The Bertz CT molecular complexity index is 234. The van der Waals surface area contributed by atoms with Crippen molar-refractivity contribution < 1.29 is 18.7 Å². The Hall–Kier alpha value is -0.890. The summed E-state index contributed by atoms with van der Waals surface area (Å²) in [6.07, 6.45) is 0.399. The molecule has 0 saturated heterocycles. The summed E-state index contributed by atoms with van der Waals surface area (Å²) in [5.74, 6) is -0.476. The lowest BCUT2D eigenvalue weighted by Crippen LogP contribution is -2.06. The van der Waals surface area contributed by atoms with Gasteiger partial charge in [0.25, 0.3) is 0 Å². The van der Waals surface area contributed by atoms with E-state index in [-0.39, 0.29) is 12.8 Å². The van der Waals surface area contributed by atoms with Gasteiger partial charge in [-0.25, -0.2) is 13.9 Å². The van der Waals surface area contributed by atoms with E-state index in [1.807, 2.05) is 0 Å². The monoisotopic (exact) mass is 190 g/mol. The van der Waals surface area contributed by atoms with Crippen molar-refractivity contribution in [2.45, 2.75) is 13.3 Å². The standard InChI is InChI=1S/C7H11O4P/c1-6(2)7(8)11-4-3-5-12(9)10/h1,3-5H2,2H3. The lowest BCUT2D eigenvalue weighted by molar-refractivity contribution is -0.138. The molecule has 0 aliphatic rings. The summed E-state index contributed by atoms with van der Waals surface area (Å²) >= 11 is 0. The number of ether oxygens (including phenoxy) is 1. The fraction of sp³-hybridized carbons (Fsp3) is 0.571. The second-order valence-corrected chi connectivity index (χ2v) is 3.44. The maximum atomic E-state index is 10.7. The lowest BCUT2D eigenvalue weighted by Gasteiger charge is -2.00. The van der Waals surface area contributed by atoms with Crippen LogP contribution >= 0.6 is 7.68 Å². The number of rotatable bonds is 5. The molecule has 0 rings (SSSR count). The summed E-state index contributed by atoms with van der Waals surface area (Å²) in [4.78, 5) is 10.7. The molecule has 12 heavy (non-hydrogen) atoms. The van der Waals surface area contributed by atoms with Gasteiger partial charge in [-0.1, -0.05) is 6.58 Å². The molecular weight excluding hydrogens is 179 g/mol. The summed E-state index contributed by atoms with van der Waals surface area (Å²) in [7, 11) is -2.36. The number of carbonyl (C=O) groups is 1. The van der Waals surface area contributed by atoms with E-state index in [1.165, 1.54) is 6.92 Å². The predicted molar refractivity (Wildman–Crippen MR) is 43.6 cm³/mol. The topological polar surface area (TPSA) is 60.4 Å². The zero-order valence-corrected chi connectivity index (χ0v) is 7.80. The van der Waals surface area contributed by atoms with E-state index < -0.39 is 13.6 Å². The molecule has 0 aliphatic heterocycles. The van der Waals surface area contributed by atoms with Crippen LogP contribution in [0.1, 0.15) is 13.3 Å². The van der Waals surface area contributed by atoms with Crippen molar-refractivity contribution in [1.29, 1.82) is 0 Å². The van der Waals surface area contributed by atoms with Crippen molar-refractivity contribution in [3.63, 3.8) is 0 Å². The fourth-order valence-corrected chi connectivity index (χ4v) is 0.869. The molecule has 0 aromatic carbocycles. The van der Waals surface area contributed by atoms with Gasteiger partial charge in [-0.05, 0) is 13.3 Å². The molecule has 0 aromatic heterocycles. The van der Waals surface area contributed by atoms with Gasteiger partial charge in [0, 0.05) is 5.57 Å². The van der Waals surface area contributed by atoms with Crippen molar-refractivity contribution in [2.24, 2.45) is 0 Å². The van der Waals surface area contributed by atoms with Gasteiger partial charge in [-0.2, -0.15) is 0 Å². The summed E-state index contributed by atoms with van der Waals surface area (Å²) in [6.45, 7) is 5.05. The first-order chi connectivity index (χ1) is 5.54. The molecule has 4 nitrogen and oxygen atoms in total. The molecule has 0 heterocycles. The highest BCUT2D eigenvalue weighted by Gasteiger charge is 2.02. The highest BCUT2D eigenvalue weighted by molar-refractivity contribution is 7.30. The Morgan fingerprint density at radius 2 is 2.08 bits per heavy atom. The van der Waals surface area contributed by atoms with Crippen LogP contribution in [0.5, 0.6) is 0 Å². The van der Waals surface area contributed by atoms with Crippen molar-refractivity contribution in [3.05, 3.63) is 12.2 Å². The predicted octanol–water partition coefficient (Wildman–Crippen LogP) is 1.67. The number of carbonyl (C=O) groups excluding carboxylic acids is 1. The molecule has 0 aromatic rings. The second kappa shape index (κ2) is 5.72. The van der Waals surface area contributed by atoms with Gasteiger partial charge < -0.3 is 4.74 Å². The molecule has 0 amide bonds. The summed E-state index contributed by atoms with van der Waals surface area (Å²) < 4.78 is 24.8. The minimum atomic E-state index is -2.36. The minimum Gasteiger partial charge on any atom is -0.462 e. The van der Waals surface area contributed by atoms with E-state index in [4.69, 9.17) is 0 Å². The normalized spacial score (nSPS) is 9.08. The van der Waals surface area contributed by atoms with E-state index in [9.17, 15) is 13.9 Å². The molecule has 5 heteroatoms. The van der Waals surface area contributed by atoms with Crippen LogP contribution in [-0.2, 0) is 18.7 Å². The Balaban J connectivity index is 3.44. The largest absolute Gasteiger partial charge is 0.462 e. The average molecular weight is 190 g/mol. The van der Waals surface area contributed by atoms with Gasteiger partial charge >= 0.3 is 13.6 Å². The maximum absolute atomic E-state index is 10.7. The quantitative estimate of drug-likeness (QED) is 0.286. The van der Waals surface area contributed by atoms with E-state index >= 15 is 0 Å². The zero-order chi connectivity index (χ0) is 9.56. The van der Waals surface area contributed by atoms with Crippen molar-refractivity contribution >= 4 is 13.6 Å². The maximum Gasteiger partial charge on any atom is 0.333 e. The molecule has 0 saturated carbocycles. The first kappa shape index (κ1) is 11.1. The van der Waals surface area contributed by atoms with Crippen LogP contribution < -0.4 is 0 Å². The summed E-state index contributed by atoms with van der Waals surface area (Å²) in [5, 5.41) is 0. The van der Waals surface area contributed by atoms with Crippen LogP contribution in [-0.4, -0.2) is 18.7 Å². The van der Waals surface area contributed by atoms with Crippen LogP contribution in [0.15, 0.2) is 12.2 Å². The molecule has 0 unspecified atom stereocenters. The smallest absolute Gasteiger partial charge is 0.333 e. The first-order valence-corrected chi connectivity index (χ1v) is 4.84. The summed E-state index contributed by atoms with van der Waals surface area (Å²) in [6, 6.07) is 0. The van der Waals surface area contributed by atoms with Gasteiger partial charge in [-0.3, -0.25) is 0 Å². The zero-order valence-electron chi connectivity index (χ0n) is 6.91. The third-order valence-electron chi connectivity index (χ3n) is 1.07. The number of hydrogen-bond acceptors (Lipinski definition) is 4. The first-order valence-electron chi connectivity index (χ1n) is 3.48. The van der Waals surface area contributed by atoms with E-state index in [2.05, 4.69) is 11.3 Å². The van der Waals surface area contributed by atoms with Crippen molar-refractivity contribution in [3.8, 4) is 0 Å². The van der Waals surface area contributed by atoms with Gasteiger partial charge in [0.15, 0.2) is 0 Å². The van der Waals surface area contributed by atoms with Gasteiger partial charge in [0.2, 0.25) is 0 Å². The van der Waals surface area contributed by atoms with Crippen LogP contribution in [0.3, 0.4) is 0 Å². The highest BCUT2D eigenvalue weighted by Crippen LogP contribution is 2.04. The Labute approximate surface area is 71.4 Å². The molecule has 0 fully saturated rings. The van der Waals surface area contributed by atoms with Crippen LogP contribution in [0.25, 0.3) is 0 Å². The van der Waals surface area contributed by atoms with E-state index in [1.54, 1.807) is 0 Å². The molecule has 0 atom stereocenters. The molecule has 68 valence electrons. The van der Waals surface area contributed by atoms with Crippen LogP contribution in [0, 0.1) is 0 Å².